The van der Waals surface area contributed by atoms with Gasteiger partial charge in [-0.1, -0.05) is 17.9 Å². The zero-order valence-corrected chi connectivity index (χ0v) is 11.8. The molecule has 2 N–H and O–H groups in total. The summed E-state index contributed by atoms with van der Waals surface area (Å²) in [7, 11) is 1.65. The SMILES string of the molecule is COCCN(C(=O)c1cccc(C#CCN)c1)C1CC1. The van der Waals surface area contributed by atoms with E-state index in [0.717, 1.165) is 18.4 Å². The molecule has 2 rings (SSSR count). The predicted molar refractivity (Wildman–Crippen MR) is 78.3 cm³/mol. The molecule has 0 atom stereocenters. The first kappa shape index (κ1) is 14.6. The molecule has 20 heavy (non-hydrogen) atoms. The molecule has 106 valence electrons. The number of amides is 1. The lowest BCUT2D eigenvalue weighted by Gasteiger charge is -2.22. The Morgan fingerprint density at radius 1 is 1.50 bits per heavy atom. The lowest BCUT2D eigenvalue weighted by molar-refractivity contribution is 0.0680. The van der Waals surface area contributed by atoms with Crippen molar-refractivity contribution in [1.82, 2.24) is 4.90 Å². The van der Waals surface area contributed by atoms with Crippen LogP contribution in [-0.4, -0.2) is 43.7 Å². The Balaban J connectivity index is 2.13. The highest BCUT2D eigenvalue weighted by molar-refractivity contribution is 5.95. The van der Waals surface area contributed by atoms with Crippen molar-refractivity contribution >= 4 is 5.91 Å². The van der Waals surface area contributed by atoms with Gasteiger partial charge in [0.25, 0.3) is 5.91 Å². The van der Waals surface area contributed by atoms with Gasteiger partial charge in [0.1, 0.15) is 0 Å². The summed E-state index contributed by atoms with van der Waals surface area (Å²) < 4.78 is 5.08. The number of hydrogen-bond acceptors (Lipinski definition) is 3. The number of carbonyl (C=O) groups excluding carboxylic acids is 1. The van der Waals surface area contributed by atoms with Gasteiger partial charge < -0.3 is 15.4 Å². The van der Waals surface area contributed by atoms with Gasteiger partial charge in [0.15, 0.2) is 0 Å². The van der Waals surface area contributed by atoms with E-state index in [4.69, 9.17) is 10.5 Å². The van der Waals surface area contributed by atoms with Crippen LogP contribution in [0.5, 0.6) is 0 Å². The summed E-state index contributed by atoms with van der Waals surface area (Å²) in [4.78, 5) is 14.5. The molecule has 0 heterocycles. The third-order valence-electron chi connectivity index (χ3n) is 3.23. The quantitative estimate of drug-likeness (QED) is 0.821. The molecule has 1 aliphatic carbocycles. The average Bonchev–Trinajstić information content (AvgIpc) is 3.30. The van der Waals surface area contributed by atoms with Gasteiger partial charge in [-0.15, -0.1) is 0 Å². The highest BCUT2D eigenvalue weighted by Crippen LogP contribution is 2.28. The summed E-state index contributed by atoms with van der Waals surface area (Å²) in [6, 6.07) is 7.77. The lowest BCUT2D eigenvalue weighted by atomic mass is 10.1. The van der Waals surface area contributed by atoms with Crippen LogP contribution in [0, 0.1) is 11.8 Å². The molecule has 0 bridgehead atoms. The van der Waals surface area contributed by atoms with E-state index >= 15 is 0 Å². The van der Waals surface area contributed by atoms with E-state index in [0.29, 0.717) is 31.3 Å². The molecule has 1 fully saturated rings. The third-order valence-corrected chi connectivity index (χ3v) is 3.23. The van der Waals surface area contributed by atoms with E-state index < -0.39 is 0 Å². The van der Waals surface area contributed by atoms with Crippen LogP contribution in [0.15, 0.2) is 24.3 Å². The highest BCUT2D eigenvalue weighted by atomic mass is 16.5. The monoisotopic (exact) mass is 272 g/mol. The molecule has 0 aliphatic heterocycles. The second kappa shape index (κ2) is 7.09. The smallest absolute Gasteiger partial charge is 0.254 e. The fraction of sp³-hybridized carbons (Fsp3) is 0.438. The first-order valence-corrected chi connectivity index (χ1v) is 6.85. The summed E-state index contributed by atoms with van der Waals surface area (Å²) in [5.41, 5.74) is 6.86. The van der Waals surface area contributed by atoms with Gasteiger partial charge in [0.05, 0.1) is 13.2 Å². The Bertz CT molecular complexity index is 527. The van der Waals surface area contributed by atoms with Crippen LogP contribution in [0.3, 0.4) is 0 Å². The van der Waals surface area contributed by atoms with E-state index in [1.165, 1.54) is 0 Å². The van der Waals surface area contributed by atoms with Gasteiger partial charge in [-0.25, -0.2) is 0 Å². The van der Waals surface area contributed by atoms with Crippen molar-refractivity contribution in [2.75, 3.05) is 26.8 Å². The minimum absolute atomic E-state index is 0.0564. The van der Waals surface area contributed by atoms with Gasteiger partial charge in [-0.3, -0.25) is 4.79 Å². The number of benzene rings is 1. The Morgan fingerprint density at radius 2 is 2.30 bits per heavy atom. The van der Waals surface area contributed by atoms with Crippen molar-refractivity contribution < 1.29 is 9.53 Å². The van der Waals surface area contributed by atoms with E-state index in [2.05, 4.69) is 11.8 Å². The Hall–Kier alpha value is -1.83. The van der Waals surface area contributed by atoms with Crippen LogP contribution in [0.25, 0.3) is 0 Å². The summed E-state index contributed by atoms with van der Waals surface area (Å²) in [5, 5.41) is 0. The largest absolute Gasteiger partial charge is 0.383 e. The van der Waals surface area contributed by atoms with E-state index in [9.17, 15) is 4.79 Å². The highest BCUT2D eigenvalue weighted by Gasteiger charge is 2.32. The Labute approximate surface area is 119 Å². The number of rotatable bonds is 5. The minimum Gasteiger partial charge on any atom is -0.383 e. The zero-order chi connectivity index (χ0) is 14.4. The molecule has 0 aromatic heterocycles. The van der Waals surface area contributed by atoms with Crippen LogP contribution in [-0.2, 0) is 4.74 Å². The molecule has 0 unspecified atom stereocenters. The fourth-order valence-corrected chi connectivity index (χ4v) is 2.07. The first-order chi connectivity index (χ1) is 9.76. The standard InChI is InChI=1S/C16H20N2O2/c1-20-11-10-18(15-7-8-15)16(19)14-6-2-4-13(12-14)5-3-9-17/h2,4,6,12,15H,7-11,17H2,1H3. The van der Waals surface area contributed by atoms with Gasteiger partial charge in [-0.05, 0) is 31.0 Å². The second-order valence-corrected chi connectivity index (χ2v) is 4.81. The van der Waals surface area contributed by atoms with Crippen molar-refractivity contribution in [3.63, 3.8) is 0 Å². The zero-order valence-electron chi connectivity index (χ0n) is 11.8. The van der Waals surface area contributed by atoms with Crippen LogP contribution in [0.2, 0.25) is 0 Å². The number of nitrogens with zero attached hydrogens (tertiary/aromatic N) is 1. The molecule has 0 spiro atoms. The Kier molecular flexibility index (Phi) is 5.16. The van der Waals surface area contributed by atoms with Crippen LogP contribution < -0.4 is 5.73 Å². The van der Waals surface area contributed by atoms with Crippen molar-refractivity contribution in [2.45, 2.75) is 18.9 Å². The van der Waals surface area contributed by atoms with Crippen molar-refractivity contribution in [2.24, 2.45) is 5.73 Å². The van der Waals surface area contributed by atoms with Gasteiger partial charge in [0.2, 0.25) is 0 Å². The Morgan fingerprint density at radius 3 is 2.95 bits per heavy atom. The molecule has 1 amide bonds. The normalized spacial score (nSPS) is 13.5. The molecule has 1 aromatic rings. The number of carbonyl (C=O) groups is 1. The summed E-state index contributed by atoms with van der Waals surface area (Å²) in [6.45, 7) is 1.52. The van der Waals surface area contributed by atoms with Crippen molar-refractivity contribution in [1.29, 1.82) is 0 Å². The first-order valence-electron chi connectivity index (χ1n) is 6.85. The maximum atomic E-state index is 12.6. The molecule has 4 nitrogen and oxygen atoms in total. The molecular formula is C16H20N2O2. The maximum Gasteiger partial charge on any atom is 0.254 e. The van der Waals surface area contributed by atoms with Gasteiger partial charge >= 0.3 is 0 Å². The molecule has 1 aliphatic rings. The van der Waals surface area contributed by atoms with Crippen molar-refractivity contribution in [3.05, 3.63) is 35.4 Å². The van der Waals surface area contributed by atoms with Gasteiger partial charge in [0, 0.05) is 30.8 Å². The summed E-state index contributed by atoms with van der Waals surface area (Å²) in [5.74, 6) is 5.81. The van der Waals surface area contributed by atoms with Crippen LogP contribution in [0.4, 0.5) is 0 Å². The molecule has 0 radical (unpaired) electrons. The second-order valence-electron chi connectivity index (χ2n) is 4.81. The number of ether oxygens (including phenoxy) is 1. The van der Waals surface area contributed by atoms with Gasteiger partial charge in [-0.2, -0.15) is 0 Å². The molecule has 1 aromatic carbocycles. The third kappa shape index (κ3) is 3.83. The van der Waals surface area contributed by atoms with Crippen LogP contribution >= 0.6 is 0 Å². The van der Waals surface area contributed by atoms with Crippen LogP contribution in [0.1, 0.15) is 28.8 Å². The van der Waals surface area contributed by atoms with Crippen molar-refractivity contribution in [3.8, 4) is 11.8 Å². The number of methoxy groups -OCH3 is 1. The van der Waals surface area contributed by atoms with E-state index in [1.54, 1.807) is 7.11 Å². The molecule has 4 heteroatoms. The average molecular weight is 272 g/mol. The lowest BCUT2D eigenvalue weighted by Crippen LogP contribution is -2.35. The minimum atomic E-state index is 0.0564. The topological polar surface area (TPSA) is 55.6 Å². The van der Waals surface area contributed by atoms with E-state index in [1.807, 2.05) is 29.2 Å². The fourth-order valence-electron chi connectivity index (χ4n) is 2.07. The van der Waals surface area contributed by atoms with E-state index in [-0.39, 0.29) is 5.91 Å². The summed E-state index contributed by atoms with van der Waals surface area (Å²) >= 11 is 0. The molecule has 0 saturated heterocycles. The maximum absolute atomic E-state index is 12.6. The molecule has 1 saturated carbocycles. The summed E-state index contributed by atoms with van der Waals surface area (Å²) in [6.07, 6.45) is 2.17. The number of hydrogen-bond donors (Lipinski definition) is 1. The molecular weight excluding hydrogens is 252 g/mol. The number of nitrogens with two attached hydrogens (primary N) is 1. The predicted octanol–water partition coefficient (Wildman–Crippen LogP) is 1.25.